The first-order chi connectivity index (χ1) is 13.5. The Morgan fingerprint density at radius 1 is 1.07 bits per heavy atom. The van der Waals surface area contributed by atoms with Crippen LogP contribution in [-0.4, -0.2) is 28.7 Å². The van der Waals surface area contributed by atoms with Crippen LogP contribution in [0.3, 0.4) is 0 Å². The van der Waals surface area contributed by atoms with Crippen molar-refractivity contribution in [3.8, 4) is 6.07 Å². The Hall–Kier alpha value is -3.46. The number of ether oxygens (including phenoxy) is 1. The number of rotatable bonds is 6. The highest BCUT2D eigenvalue weighted by molar-refractivity contribution is 6.22. The molecule has 0 saturated heterocycles. The van der Waals surface area contributed by atoms with Gasteiger partial charge in [-0.05, 0) is 35.7 Å². The molecular weight excluding hydrogens is 356 g/mol. The molecule has 28 heavy (non-hydrogen) atoms. The molecule has 0 fully saturated rings. The summed E-state index contributed by atoms with van der Waals surface area (Å²) in [6, 6.07) is 14.3. The minimum absolute atomic E-state index is 0.000640. The van der Waals surface area contributed by atoms with Crippen LogP contribution in [0.1, 0.15) is 52.1 Å². The molecule has 2 amide bonds. The maximum Gasteiger partial charge on any atom is 0.329 e. The average molecular weight is 376 g/mol. The molecule has 2 aromatic carbocycles. The average Bonchev–Trinajstić information content (AvgIpc) is 2.98. The lowest BCUT2D eigenvalue weighted by Gasteiger charge is -2.29. The molecule has 3 rings (SSSR count). The van der Waals surface area contributed by atoms with E-state index in [4.69, 9.17) is 10.00 Å². The first kappa shape index (κ1) is 19.3. The lowest BCUT2D eigenvalue weighted by Crippen LogP contribution is -2.49. The highest BCUT2D eigenvalue weighted by Gasteiger charge is 2.45. The molecule has 0 spiro atoms. The van der Waals surface area contributed by atoms with Gasteiger partial charge in [-0.3, -0.25) is 14.5 Å². The summed E-state index contributed by atoms with van der Waals surface area (Å²) in [6.07, 6.45) is 0.601. The summed E-state index contributed by atoms with van der Waals surface area (Å²) < 4.78 is 5.43. The Morgan fingerprint density at radius 3 is 2.14 bits per heavy atom. The fourth-order valence-corrected chi connectivity index (χ4v) is 3.19. The van der Waals surface area contributed by atoms with E-state index in [9.17, 15) is 14.4 Å². The van der Waals surface area contributed by atoms with Gasteiger partial charge < -0.3 is 4.74 Å². The summed E-state index contributed by atoms with van der Waals surface area (Å²) in [6.45, 7) is 3.71. The van der Waals surface area contributed by atoms with Crippen molar-refractivity contribution in [1.82, 2.24) is 4.90 Å². The van der Waals surface area contributed by atoms with Crippen molar-refractivity contribution in [2.24, 2.45) is 5.92 Å². The number of amides is 2. The number of carbonyl (C=O) groups excluding carboxylic acids is 3. The van der Waals surface area contributed by atoms with E-state index in [0.717, 1.165) is 10.5 Å². The number of nitriles is 1. The zero-order valence-corrected chi connectivity index (χ0v) is 15.7. The normalized spacial score (nSPS) is 15.0. The predicted octanol–water partition coefficient (Wildman–Crippen LogP) is 3.31. The van der Waals surface area contributed by atoms with E-state index >= 15 is 0 Å². The summed E-state index contributed by atoms with van der Waals surface area (Å²) in [4.78, 5) is 39.4. The standard InChI is InChI=1S/C22H20N2O4/c1-3-14(2)19(22(27)28-13-16-10-8-15(12-23)9-11-16)24-20(25)17-6-4-5-7-18(17)21(24)26/h4-11,14,19H,3,13H2,1-2H3/t14-,19-/m0/s1. The third-order valence-electron chi connectivity index (χ3n) is 4.99. The molecule has 0 radical (unpaired) electrons. The van der Waals surface area contributed by atoms with Gasteiger partial charge in [-0.15, -0.1) is 0 Å². The third kappa shape index (κ3) is 3.52. The minimum atomic E-state index is -0.990. The van der Waals surface area contributed by atoms with Crippen molar-refractivity contribution in [2.75, 3.05) is 0 Å². The summed E-state index contributed by atoms with van der Waals surface area (Å²) >= 11 is 0. The molecule has 6 heteroatoms. The number of imide groups is 1. The van der Waals surface area contributed by atoms with Crippen LogP contribution >= 0.6 is 0 Å². The van der Waals surface area contributed by atoms with Gasteiger partial charge in [-0.2, -0.15) is 5.26 Å². The number of fused-ring (bicyclic) bond motifs is 1. The molecule has 0 N–H and O–H groups in total. The number of nitrogens with zero attached hydrogens (tertiary/aromatic N) is 2. The SMILES string of the molecule is CC[C@H](C)[C@@H](C(=O)OCc1ccc(C#N)cc1)N1C(=O)c2ccccc2C1=O. The highest BCUT2D eigenvalue weighted by Crippen LogP contribution is 2.28. The summed E-state index contributed by atoms with van der Waals surface area (Å²) in [7, 11) is 0. The van der Waals surface area contributed by atoms with Gasteiger partial charge in [0.15, 0.2) is 0 Å². The first-order valence-electron chi connectivity index (χ1n) is 9.10. The van der Waals surface area contributed by atoms with Gasteiger partial charge in [0, 0.05) is 0 Å². The summed E-state index contributed by atoms with van der Waals surface area (Å²) in [5.41, 5.74) is 1.84. The first-order valence-corrected chi connectivity index (χ1v) is 9.10. The van der Waals surface area contributed by atoms with Crippen molar-refractivity contribution in [1.29, 1.82) is 5.26 Å². The topological polar surface area (TPSA) is 87.5 Å². The van der Waals surface area contributed by atoms with Crippen LogP contribution in [0.4, 0.5) is 0 Å². The van der Waals surface area contributed by atoms with E-state index in [0.29, 0.717) is 23.1 Å². The van der Waals surface area contributed by atoms with Crippen molar-refractivity contribution >= 4 is 17.8 Å². The second-order valence-electron chi connectivity index (χ2n) is 6.77. The van der Waals surface area contributed by atoms with Gasteiger partial charge >= 0.3 is 5.97 Å². The molecular formula is C22H20N2O4. The van der Waals surface area contributed by atoms with Gasteiger partial charge in [-0.25, -0.2) is 4.79 Å². The molecule has 1 aliphatic rings. The van der Waals surface area contributed by atoms with Crippen LogP contribution in [0.5, 0.6) is 0 Å². The van der Waals surface area contributed by atoms with Crippen molar-refractivity contribution in [3.05, 3.63) is 70.8 Å². The molecule has 2 aromatic rings. The molecule has 0 aromatic heterocycles. The molecule has 1 aliphatic heterocycles. The Balaban J connectivity index is 1.80. The van der Waals surface area contributed by atoms with Crippen molar-refractivity contribution < 1.29 is 19.1 Å². The fourth-order valence-electron chi connectivity index (χ4n) is 3.19. The maximum absolute atomic E-state index is 12.8. The Bertz CT molecular complexity index is 924. The number of esters is 1. The van der Waals surface area contributed by atoms with Crippen LogP contribution in [-0.2, 0) is 16.1 Å². The van der Waals surface area contributed by atoms with Gasteiger partial charge in [0.25, 0.3) is 11.8 Å². The van der Waals surface area contributed by atoms with Gasteiger partial charge in [0.2, 0.25) is 0 Å². The lowest BCUT2D eigenvalue weighted by atomic mass is 9.97. The van der Waals surface area contributed by atoms with E-state index in [1.54, 1.807) is 48.5 Å². The van der Waals surface area contributed by atoms with Gasteiger partial charge in [0.1, 0.15) is 12.6 Å². The van der Waals surface area contributed by atoms with Crippen LogP contribution in [0.25, 0.3) is 0 Å². The highest BCUT2D eigenvalue weighted by atomic mass is 16.5. The largest absolute Gasteiger partial charge is 0.459 e. The molecule has 142 valence electrons. The molecule has 2 atom stereocenters. The number of hydrogen-bond donors (Lipinski definition) is 0. The van der Waals surface area contributed by atoms with E-state index in [2.05, 4.69) is 0 Å². The van der Waals surface area contributed by atoms with E-state index < -0.39 is 23.8 Å². The van der Waals surface area contributed by atoms with Gasteiger partial charge in [0.05, 0.1) is 22.8 Å². The lowest BCUT2D eigenvalue weighted by molar-refractivity contribution is -0.151. The minimum Gasteiger partial charge on any atom is -0.459 e. The molecule has 6 nitrogen and oxygen atoms in total. The van der Waals surface area contributed by atoms with Crippen LogP contribution in [0.2, 0.25) is 0 Å². The molecule has 0 saturated carbocycles. The Labute approximate surface area is 163 Å². The number of benzene rings is 2. The second kappa shape index (κ2) is 8.05. The summed E-state index contributed by atoms with van der Waals surface area (Å²) in [5, 5.41) is 8.85. The molecule has 0 aliphatic carbocycles. The van der Waals surface area contributed by atoms with Crippen molar-refractivity contribution in [2.45, 2.75) is 32.9 Å². The zero-order chi connectivity index (χ0) is 20.3. The van der Waals surface area contributed by atoms with E-state index in [-0.39, 0.29) is 12.5 Å². The third-order valence-corrected chi connectivity index (χ3v) is 4.99. The second-order valence-corrected chi connectivity index (χ2v) is 6.77. The zero-order valence-electron chi connectivity index (χ0n) is 15.7. The monoisotopic (exact) mass is 376 g/mol. The summed E-state index contributed by atoms with van der Waals surface area (Å²) in [5.74, 6) is -1.81. The number of carbonyl (C=O) groups is 3. The predicted molar refractivity (Wildman–Crippen MR) is 101 cm³/mol. The van der Waals surface area contributed by atoms with E-state index in [1.165, 1.54) is 0 Å². The molecule has 1 heterocycles. The van der Waals surface area contributed by atoms with Crippen LogP contribution in [0.15, 0.2) is 48.5 Å². The van der Waals surface area contributed by atoms with Crippen molar-refractivity contribution in [3.63, 3.8) is 0 Å². The molecule has 0 unspecified atom stereocenters. The maximum atomic E-state index is 12.8. The smallest absolute Gasteiger partial charge is 0.329 e. The van der Waals surface area contributed by atoms with Crippen LogP contribution in [0, 0.1) is 17.2 Å². The van der Waals surface area contributed by atoms with Gasteiger partial charge in [-0.1, -0.05) is 44.5 Å². The molecule has 0 bridgehead atoms. The Morgan fingerprint density at radius 2 is 1.64 bits per heavy atom. The Kier molecular flexibility index (Phi) is 5.55. The van der Waals surface area contributed by atoms with E-state index in [1.807, 2.05) is 19.9 Å². The van der Waals surface area contributed by atoms with Crippen LogP contribution < -0.4 is 0 Å². The quantitative estimate of drug-likeness (QED) is 0.570. The number of hydrogen-bond acceptors (Lipinski definition) is 5. The fraction of sp³-hybridized carbons (Fsp3) is 0.273.